The fourth-order valence-corrected chi connectivity index (χ4v) is 5.63. The minimum atomic E-state index is 0. The average molecular weight is 441 g/mol. The van der Waals surface area contributed by atoms with Crippen LogP contribution in [0.5, 0.6) is 0 Å². The van der Waals surface area contributed by atoms with Gasteiger partial charge >= 0.3 is 12.3 Å². The van der Waals surface area contributed by atoms with Crippen LogP contribution in [-0.4, -0.2) is 70.4 Å². The van der Waals surface area contributed by atoms with E-state index in [-0.39, 0.29) is 19.7 Å². The van der Waals surface area contributed by atoms with Gasteiger partial charge in [-0.05, 0) is 79.1 Å². The number of carbonyl (C=O) groups excluding carboxylic acids is 4. The number of piperidine rings is 2. The molecule has 0 aromatic carbocycles. The number of rotatable bonds is 0. The van der Waals surface area contributed by atoms with Gasteiger partial charge in [-0.25, -0.2) is 0 Å². The van der Waals surface area contributed by atoms with E-state index < -0.39 is 0 Å². The summed E-state index contributed by atoms with van der Waals surface area (Å²) in [5.74, 6) is 1.57. The minimum absolute atomic E-state index is 0. The van der Waals surface area contributed by atoms with Crippen molar-refractivity contribution in [3.8, 4) is 0 Å². The molecular weight excluding hydrogens is 396 g/mol. The van der Waals surface area contributed by atoms with Crippen LogP contribution in [0.15, 0.2) is 0 Å². The van der Waals surface area contributed by atoms with E-state index in [1.807, 2.05) is 0 Å². The second-order valence-electron chi connectivity index (χ2n) is 10.9. The van der Waals surface area contributed by atoms with Crippen LogP contribution in [0.3, 0.4) is 0 Å². The van der Waals surface area contributed by atoms with Gasteiger partial charge in [-0.2, -0.15) is 19.2 Å². The van der Waals surface area contributed by atoms with E-state index in [2.05, 4.69) is 51.3 Å². The third kappa shape index (κ3) is 7.90. The molecule has 0 aromatic rings. The standard InChI is InChI=1S/2C10H20N2.2CO2.CH4/c2*1-10(2,3)12-6-7-4-8(12)5-9(7)11;2*2-1-3;/h2*7-9H,4-6,11H2,1-3H3;;;1H4. The van der Waals surface area contributed by atoms with E-state index in [1.165, 1.54) is 38.8 Å². The molecule has 6 atom stereocenters. The normalized spacial score (nSPS) is 33.4. The van der Waals surface area contributed by atoms with Gasteiger partial charge in [0.15, 0.2) is 0 Å². The van der Waals surface area contributed by atoms with Crippen molar-refractivity contribution in [3.05, 3.63) is 0 Å². The third-order valence-corrected chi connectivity index (χ3v) is 6.92. The molecule has 4 bridgehead atoms. The van der Waals surface area contributed by atoms with E-state index in [4.69, 9.17) is 30.6 Å². The molecule has 2 saturated carbocycles. The van der Waals surface area contributed by atoms with E-state index in [0.717, 1.165) is 23.9 Å². The van der Waals surface area contributed by atoms with Crippen LogP contribution in [0.1, 0.15) is 74.7 Å². The van der Waals surface area contributed by atoms with Gasteiger partial charge in [-0.15, -0.1) is 0 Å². The van der Waals surface area contributed by atoms with E-state index in [1.54, 1.807) is 0 Å². The first-order valence-electron chi connectivity index (χ1n) is 10.8. The highest BCUT2D eigenvalue weighted by Gasteiger charge is 2.47. The van der Waals surface area contributed by atoms with Crippen molar-refractivity contribution < 1.29 is 19.2 Å². The molecule has 31 heavy (non-hydrogen) atoms. The van der Waals surface area contributed by atoms with Crippen LogP contribution >= 0.6 is 0 Å². The number of hydrogen-bond acceptors (Lipinski definition) is 8. The van der Waals surface area contributed by atoms with Gasteiger partial charge < -0.3 is 11.5 Å². The monoisotopic (exact) mass is 440 g/mol. The quantitative estimate of drug-likeness (QED) is 0.584. The first-order chi connectivity index (χ1) is 13.8. The van der Waals surface area contributed by atoms with Gasteiger partial charge in [0, 0.05) is 48.3 Å². The SMILES string of the molecule is C.CC(C)(C)N1CC2CC1CC2N.CC(C)(C)N1CC2CC1CC2N.O=C=O.O=C=O. The maximum atomic E-state index is 8.12. The van der Waals surface area contributed by atoms with Crippen molar-refractivity contribution in [2.24, 2.45) is 23.3 Å². The lowest BCUT2D eigenvalue weighted by Crippen LogP contribution is -2.50. The molecule has 4 rings (SSSR count). The van der Waals surface area contributed by atoms with Crippen LogP contribution in [0.25, 0.3) is 0 Å². The van der Waals surface area contributed by atoms with Gasteiger partial charge in [0.25, 0.3) is 0 Å². The van der Waals surface area contributed by atoms with E-state index in [9.17, 15) is 0 Å². The Bertz CT molecular complexity index is 558. The molecule has 8 heteroatoms. The summed E-state index contributed by atoms with van der Waals surface area (Å²) in [6, 6.07) is 2.55. The molecule has 0 amide bonds. The number of nitrogens with two attached hydrogens (primary N) is 2. The summed E-state index contributed by atoms with van der Waals surface area (Å²) in [5.41, 5.74) is 12.7. The Morgan fingerprint density at radius 3 is 1.03 bits per heavy atom. The maximum absolute atomic E-state index is 8.12. The fourth-order valence-electron chi connectivity index (χ4n) is 5.63. The molecule has 2 aliphatic heterocycles. The third-order valence-electron chi connectivity index (χ3n) is 6.92. The molecule has 0 radical (unpaired) electrons. The lowest BCUT2D eigenvalue weighted by atomic mass is 9.98. The molecule has 2 aliphatic carbocycles. The zero-order valence-electron chi connectivity index (χ0n) is 19.4. The van der Waals surface area contributed by atoms with Crippen molar-refractivity contribution in [1.82, 2.24) is 9.80 Å². The van der Waals surface area contributed by atoms with Crippen LogP contribution in [0.4, 0.5) is 0 Å². The van der Waals surface area contributed by atoms with Gasteiger partial charge in [0.05, 0.1) is 0 Å². The van der Waals surface area contributed by atoms with Crippen molar-refractivity contribution >= 4 is 12.3 Å². The molecule has 4 aliphatic rings. The topological polar surface area (TPSA) is 127 Å². The van der Waals surface area contributed by atoms with Crippen molar-refractivity contribution in [2.75, 3.05) is 13.1 Å². The van der Waals surface area contributed by atoms with Gasteiger partial charge in [-0.3, -0.25) is 9.80 Å². The summed E-state index contributed by atoms with van der Waals surface area (Å²) < 4.78 is 0. The van der Waals surface area contributed by atoms with Gasteiger partial charge in [0.1, 0.15) is 0 Å². The summed E-state index contributed by atoms with van der Waals surface area (Å²) in [7, 11) is 0. The molecule has 2 saturated heterocycles. The van der Waals surface area contributed by atoms with Crippen molar-refractivity contribution in [2.45, 2.75) is 110 Å². The van der Waals surface area contributed by atoms with E-state index >= 15 is 0 Å². The van der Waals surface area contributed by atoms with Crippen molar-refractivity contribution in [1.29, 1.82) is 0 Å². The van der Waals surface area contributed by atoms with Crippen LogP contribution in [0.2, 0.25) is 0 Å². The zero-order valence-corrected chi connectivity index (χ0v) is 19.4. The average Bonchev–Trinajstić information content (AvgIpc) is 3.33. The summed E-state index contributed by atoms with van der Waals surface area (Å²) >= 11 is 0. The van der Waals surface area contributed by atoms with Crippen molar-refractivity contribution in [3.63, 3.8) is 0 Å². The smallest absolute Gasteiger partial charge is 0.327 e. The first kappa shape index (κ1) is 29.6. The molecule has 4 fully saturated rings. The highest BCUT2D eigenvalue weighted by Crippen LogP contribution is 2.41. The number of nitrogens with zero attached hydrogens (tertiary/aromatic N) is 2. The Morgan fingerprint density at radius 1 is 0.645 bits per heavy atom. The highest BCUT2D eigenvalue weighted by molar-refractivity contribution is 5.20. The summed E-state index contributed by atoms with van der Waals surface area (Å²) in [6.45, 7) is 16.3. The van der Waals surface area contributed by atoms with Gasteiger partial charge in [0.2, 0.25) is 0 Å². The minimum Gasteiger partial charge on any atom is -0.327 e. The second-order valence-corrected chi connectivity index (χ2v) is 10.9. The number of hydrogen-bond donors (Lipinski definition) is 2. The molecule has 180 valence electrons. The molecule has 6 unspecified atom stereocenters. The molecule has 0 aromatic heterocycles. The first-order valence-corrected chi connectivity index (χ1v) is 10.8. The highest BCUT2D eigenvalue weighted by atomic mass is 16.2. The van der Waals surface area contributed by atoms with Crippen LogP contribution in [-0.2, 0) is 19.2 Å². The predicted octanol–water partition coefficient (Wildman–Crippen LogP) is 1.88. The molecule has 2 heterocycles. The Balaban J connectivity index is 0.000000453. The molecule has 8 nitrogen and oxygen atoms in total. The Hall–Kier alpha value is -1.40. The van der Waals surface area contributed by atoms with Crippen LogP contribution in [0, 0.1) is 11.8 Å². The van der Waals surface area contributed by atoms with Gasteiger partial charge in [-0.1, -0.05) is 7.43 Å². The predicted molar refractivity (Wildman–Crippen MR) is 119 cm³/mol. The molecule has 4 N–H and O–H groups in total. The lowest BCUT2D eigenvalue weighted by molar-refractivity contribution is -0.193. The Kier molecular flexibility index (Phi) is 11.5. The van der Waals surface area contributed by atoms with E-state index in [0.29, 0.717) is 23.2 Å². The maximum Gasteiger partial charge on any atom is 0.373 e. The lowest BCUT2D eigenvalue weighted by Gasteiger charge is -2.40. The Labute approximate surface area is 188 Å². The molecular formula is C23H44N4O4. The largest absolute Gasteiger partial charge is 0.373 e. The Morgan fingerprint density at radius 2 is 0.903 bits per heavy atom. The number of likely N-dealkylation sites (tertiary alicyclic amines) is 2. The summed E-state index contributed by atoms with van der Waals surface area (Å²) in [5, 5.41) is 0. The number of fused-ring (bicyclic) bond motifs is 4. The summed E-state index contributed by atoms with van der Waals surface area (Å²) in [6.07, 6.45) is 5.64. The zero-order chi connectivity index (χ0) is 23.3. The van der Waals surface area contributed by atoms with Crippen LogP contribution < -0.4 is 11.5 Å². The molecule has 0 spiro atoms. The second kappa shape index (κ2) is 12.0. The fraction of sp³-hybridized carbons (Fsp3) is 0.913. The summed E-state index contributed by atoms with van der Waals surface area (Å²) in [4.78, 5) is 37.8.